The van der Waals surface area contributed by atoms with Crippen LogP contribution in [0.4, 0.5) is 5.69 Å². The molecule has 1 amide bonds. The van der Waals surface area contributed by atoms with Gasteiger partial charge in [-0.15, -0.1) is 0 Å². The summed E-state index contributed by atoms with van der Waals surface area (Å²) in [4.78, 5) is 24.4. The van der Waals surface area contributed by atoms with Gasteiger partial charge in [-0.05, 0) is 36.8 Å². The van der Waals surface area contributed by atoms with Crippen LogP contribution in [0.25, 0.3) is 11.2 Å². The highest BCUT2D eigenvalue weighted by atomic mass is 35.5. The Hall–Kier alpha value is -2.25. The van der Waals surface area contributed by atoms with Gasteiger partial charge in [-0.1, -0.05) is 30.3 Å². The average Bonchev–Trinajstić information content (AvgIpc) is 3.02. The number of carbonyl (C=O) groups is 1. The van der Waals surface area contributed by atoms with Crippen molar-refractivity contribution in [2.75, 3.05) is 12.4 Å². The SMILES string of the molecule is CC[C@@H](Sc1nc2ncccc2[nH]1)C(=O)Nc1cc(Cl)ccc1OC. The minimum Gasteiger partial charge on any atom is -0.495 e. The lowest BCUT2D eigenvalue weighted by molar-refractivity contribution is -0.115. The summed E-state index contributed by atoms with van der Waals surface area (Å²) in [6, 6.07) is 8.84. The molecule has 2 aromatic heterocycles. The predicted molar refractivity (Wildman–Crippen MR) is 100 cm³/mol. The molecule has 25 heavy (non-hydrogen) atoms. The normalized spacial score (nSPS) is 12.1. The molecule has 0 bridgehead atoms. The van der Waals surface area contributed by atoms with Crippen LogP contribution in [0.2, 0.25) is 5.02 Å². The molecule has 0 radical (unpaired) electrons. The van der Waals surface area contributed by atoms with Gasteiger partial charge < -0.3 is 15.0 Å². The van der Waals surface area contributed by atoms with E-state index in [-0.39, 0.29) is 11.2 Å². The summed E-state index contributed by atoms with van der Waals surface area (Å²) >= 11 is 7.38. The van der Waals surface area contributed by atoms with Crippen molar-refractivity contribution in [2.24, 2.45) is 0 Å². The van der Waals surface area contributed by atoms with Crippen molar-refractivity contribution in [3.8, 4) is 5.75 Å². The summed E-state index contributed by atoms with van der Waals surface area (Å²) in [6.45, 7) is 1.95. The first kappa shape index (κ1) is 17.6. The van der Waals surface area contributed by atoms with Gasteiger partial charge in [0.05, 0.1) is 23.6 Å². The van der Waals surface area contributed by atoms with E-state index in [1.165, 1.54) is 11.8 Å². The van der Waals surface area contributed by atoms with E-state index in [2.05, 4.69) is 20.3 Å². The molecule has 1 atom stereocenters. The van der Waals surface area contributed by atoms with Crippen LogP contribution >= 0.6 is 23.4 Å². The highest BCUT2D eigenvalue weighted by Gasteiger charge is 2.21. The van der Waals surface area contributed by atoms with Crippen LogP contribution in [0.3, 0.4) is 0 Å². The number of nitrogens with zero attached hydrogens (tertiary/aromatic N) is 2. The fourth-order valence-electron chi connectivity index (χ4n) is 2.33. The number of amides is 1. The number of rotatable bonds is 6. The Balaban J connectivity index is 1.76. The number of H-pyrrole nitrogens is 1. The molecule has 0 unspecified atom stereocenters. The number of benzene rings is 1. The fraction of sp³-hybridized carbons (Fsp3) is 0.235. The number of aromatic amines is 1. The zero-order valence-electron chi connectivity index (χ0n) is 13.7. The summed E-state index contributed by atoms with van der Waals surface area (Å²) in [6.07, 6.45) is 2.33. The molecule has 6 nitrogen and oxygen atoms in total. The van der Waals surface area contributed by atoms with Gasteiger partial charge in [0.15, 0.2) is 10.8 Å². The highest BCUT2D eigenvalue weighted by molar-refractivity contribution is 8.00. The number of methoxy groups -OCH3 is 1. The Kier molecular flexibility index (Phi) is 5.45. The van der Waals surface area contributed by atoms with E-state index in [1.807, 2.05) is 19.1 Å². The molecule has 3 rings (SSSR count). The van der Waals surface area contributed by atoms with Gasteiger partial charge in [0.1, 0.15) is 5.75 Å². The standard InChI is InChI=1S/C17H17ClN4O2S/c1-3-14(25-17-21-11-5-4-8-19-15(11)22-17)16(23)20-12-9-10(18)6-7-13(12)24-2/h4-9,14H,3H2,1-2H3,(H,20,23)(H,19,21,22)/t14-/m1/s1. The molecule has 8 heteroatoms. The lowest BCUT2D eigenvalue weighted by atomic mass is 10.2. The van der Waals surface area contributed by atoms with Crippen LogP contribution in [-0.4, -0.2) is 33.2 Å². The molecule has 0 fully saturated rings. The first-order valence-corrected chi connectivity index (χ1v) is 8.98. The van der Waals surface area contributed by atoms with Gasteiger partial charge in [0, 0.05) is 11.2 Å². The van der Waals surface area contributed by atoms with Gasteiger partial charge in [-0.25, -0.2) is 9.97 Å². The van der Waals surface area contributed by atoms with Crippen LogP contribution in [-0.2, 0) is 4.79 Å². The topological polar surface area (TPSA) is 79.9 Å². The van der Waals surface area contributed by atoms with E-state index in [1.54, 1.807) is 31.5 Å². The van der Waals surface area contributed by atoms with Crippen LogP contribution in [0.5, 0.6) is 5.75 Å². The van der Waals surface area contributed by atoms with E-state index < -0.39 is 0 Å². The molecule has 0 saturated heterocycles. The Bertz CT molecular complexity index is 866. The van der Waals surface area contributed by atoms with E-state index in [0.29, 0.717) is 33.7 Å². The Morgan fingerprint density at radius 1 is 1.44 bits per heavy atom. The zero-order chi connectivity index (χ0) is 17.8. The Morgan fingerprint density at radius 2 is 2.28 bits per heavy atom. The molecule has 0 saturated carbocycles. The van der Waals surface area contributed by atoms with E-state index in [4.69, 9.17) is 16.3 Å². The molecule has 3 aromatic rings. The van der Waals surface area contributed by atoms with Gasteiger partial charge in [-0.2, -0.15) is 0 Å². The third kappa shape index (κ3) is 4.05. The van der Waals surface area contributed by atoms with Gasteiger partial charge in [0.25, 0.3) is 0 Å². The fourth-order valence-corrected chi connectivity index (χ4v) is 3.41. The van der Waals surface area contributed by atoms with Crippen molar-refractivity contribution in [1.29, 1.82) is 0 Å². The van der Waals surface area contributed by atoms with Crippen LogP contribution in [0.15, 0.2) is 41.7 Å². The lowest BCUT2D eigenvalue weighted by Crippen LogP contribution is -2.25. The predicted octanol–water partition coefficient (Wildman–Crippen LogP) is 4.13. The third-order valence-electron chi connectivity index (χ3n) is 3.57. The largest absolute Gasteiger partial charge is 0.495 e. The second kappa shape index (κ2) is 7.76. The summed E-state index contributed by atoms with van der Waals surface area (Å²) in [7, 11) is 1.55. The van der Waals surface area contributed by atoms with Crippen LogP contribution in [0.1, 0.15) is 13.3 Å². The second-order valence-electron chi connectivity index (χ2n) is 5.27. The second-order valence-corrected chi connectivity index (χ2v) is 6.89. The zero-order valence-corrected chi connectivity index (χ0v) is 15.3. The number of ether oxygens (including phenoxy) is 1. The number of thioether (sulfide) groups is 1. The maximum absolute atomic E-state index is 12.7. The number of carbonyl (C=O) groups excluding carboxylic acids is 1. The van der Waals surface area contributed by atoms with Crippen molar-refractivity contribution >= 4 is 46.1 Å². The maximum atomic E-state index is 12.7. The molecular formula is C17H17ClN4O2S. The van der Waals surface area contributed by atoms with Crippen LogP contribution < -0.4 is 10.1 Å². The number of hydrogen-bond acceptors (Lipinski definition) is 5. The number of halogens is 1. The summed E-state index contributed by atoms with van der Waals surface area (Å²) in [5.41, 5.74) is 2.03. The summed E-state index contributed by atoms with van der Waals surface area (Å²) < 4.78 is 5.27. The van der Waals surface area contributed by atoms with Gasteiger partial charge in [0.2, 0.25) is 5.91 Å². The molecular weight excluding hydrogens is 360 g/mol. The minimum absolute atomic E-state index is 0.138. The number of pyridine rings is 1. The minimum atomic E-state index is -0.316. The first-order valence-electron chi connectivity index (χ1n) is 7.72. The molecule has 0 spiro atoms. The van der Waals surface area contributed by atoms with Crippen molar-refractivity contribution in [1.82, 2.24) is 15.0 Å². The first-order chi connectivity index (χ1) is 12.1. The van der Waals surface area contributed by atoms with Crippen molar-refractivity contribution < 1.29 is 9.53 Å². The van der Waals surface area contributed by atoms with Crippen molar-refractivity contribution in [2.45, 2.75) is 23.8 Å². The Morgan fingerprint density at radius 3 is 3.00 bits per heavy atom. The summed E-state index contributed by atoms with van der Waals surface area (Å²) in [5.74, 6) is 0.423. The third-order valence-corrected chi connectivity index (χ3v) is 5.06. The van der Waals surface area contributed by atoms with E-state index in [0.717, 1.165) is 5.52 Å². The molecule has 2 N–H and O–H groups in total. The number of fused-ring (bicyclic) bond motifs is 1. The monoisotopic (exact) mass is 376 g/mol. The number of hydrogen-bond donors (Lipinski definition) is 2. The summed E-state index contributed by atoms with van der Waals surface area (Å²) in [5, 5.41) is 3.75. The molecule has 0 aliphatic rings. The lowest BCUT2D eigenvalue weighted by Gasteiger charge is -2.15. The molecule has 130 valence electrons. The molecule has 2 heterocycles. The quantitative estimate of drug-likeness (QED) is 0.632. The van der Waals surface area contributed by atoms with Crippen LogP contribution in [0, 0.1) is 0 Å². The van der Waals surface area contributed by atoms with E-state index in [9.17, 15) is 4.79 Å². The highest BCUT2D eigenvalue weighted by Crippen LogP contribution is 2.30. The van der Waals surface area contributed by atoms with Gasteiger partial charge >= 0.3 is 0 Å². The molecule has 1 aromatic carbocycles. The Labute approximate surface area is 154 Å². The maximum Gasteiger partial charge on any atom is 0.238 e. The van der Waals surface area contributed by atoms with Gasteiger partial charge in [-0.3, -0.25) is 4.79 Å². The molecule has 0 aliphatic carbocycles. The smallest absolute Gasteiger partial charge is 0.238 e. The number of nitrogens with one attached hydrogen (secondary N) is 2. The average molecular weight is 377 g/mol. The van der Waals surface area contributed by atoms with Crippen molar-refractivity contribution in [3.63, 3.8) is 0 Å². The number of aromatic nitrogens is 3. The number of anilines is 1. The van der Waals surface area contributed by atoms with Crippen molar-refractivity contribution in [3.05, 3.63) is 41.6 Å². The molecule has 0 aliphatic heterocycles. The number of imidazole rings is 1. The van der Waals surface area contributed by atoms with E-state index >= 15 is 0 Å².